The van der Waals surface area contributed by atoms with E-state index < -0.39 is 0 Å². The molecular formula is C15H18Cl2N2. The summed E-state index contributed by atoms with van der Waals surface area (Å²) in [6.45, 7) is 1.06. The second kappa shape index (κ2) is 5.72. The van der Waals surface area contributed by atoms with Gasteiger partial charge in [0.25, 0.3) is 0 Å². The van der Waals surface area contributed by atoms with E-state index in [0.29, 0.717) is 5.88 Å². The fourth-order valence-corrected chi connectivity index (χ4v) is 3.47. The first kappa shape index (κ1) is 13.3. The fraction of sp³-hybridized carbons (Fsp3) is 0.533. The van der Waals surface area contributed by atoms with Gasteiger partial charge in [0.2, 0.25) is 0 Å². The molecule has 19 heavy (non-hydrogen) atoms. The zero-order chi connectivity index (χ0) is 13.2. The molecule has 1 heterocycles. The number of aromatic nitrogens is 2. The number of hydrogen-bond donors (Lipinski definition) is 0. The Balaban J connectivity index is 2.02. The van der Waals surface area contributed by atoms with E-state index in [-0.39, 0.29) is 0 Å². The van der Waals surface area contributed by atoms with Crippen molar-refractivity contribution in [3.8, 4) is 0 Å². The molecule has 4 heteroatoms. The molecule has 1 aromatic carbocycles. The van der Waals surface area contributed by atoms with E-state index in [4.69, 9.17) is 28.2 Å². The minimum absolute atomic E-state index is 0.603. The molecule has 102 valence electrons. The number of alkyl halides is 1. The number of imidazole rings is 1. The maximum atomic E-state index is 6.25. The summed E-state index contributed by atoms with van der Waals surface area (Å²) in [7, 11) is 0. The van der Waals surface area contributed by atoms with Gasteiger partial charge in [-0.05, 0) is 30.9 Å². The van der Waals surface area contributed by atoms with Crippen molar-refractivity contribution in [1.29, 1.82) is 0 Å². The largest absolute Gasteiger partial charge is 0.328 e. The minimum Gasteiger partial charge on any atom is -0.328 e. The number of hydrogen-bond acceptors (Lipinski definition) is 1. The molecule has 2 aromatic rings. The number of halogens is 2. The molecule has 1 saturated carbocycles. The van der Waals surface area contributed by atoms with Gasteiger partial charge in [-0.2, -0.15) is 0 Å². The van der Waals surface area contributed by atoms with E-state index in [2.05, 4.69) is 10.6 Å². The number of benzene rings is 1. The molecule has 1 aliphatic rings. The molecule has 0 spiro atoms. The van der Waals surface area contributed by atoms with Crippen LogP contribution in [-0.4, -0.2) is 15.4 Å². The summed E-state index contributed by atoms with van der Waals surface area (Å²) in [5, 5.41) is 0.735. The summed E-state index contributed by atoms with van der Waals surface area (Å²) >= 11 is 12.2. The number of nitrogens with zero attached hydrogens (tertiary/aromatic N) is 2. The highest BCUT2D eigenvalue weighted by atomic mass is 35.5. The van der Waals surface area contributed by atoms with Crippen molar-refractivity contribution in [2.45, 2.75) is 38.6 Å². The topological polar surface area (TPSA) is 17.8 Å². The van der Waals surface area contributed by atoms with E-state index >= 15 is 0 Å². The van der Waals surface area contributed by atoms with Crippen LogP contribution in [0.25, 0.3) is 11.0 Å². The Bertz CT molecular complexity index is 571. The van der Waals surface area contributed by atoms with Gasteiger partial charge < -0.3 is 4.57 Å². The quantitative estimate of drug-likeness (QED) is 0.750. The van der Waals surface area contributed by atoms with Crippen LogP contribution in [0, 0.1) is 5.92 Å². The van der Waals surface area contributed by atoms with Crippen LogP contribution >= 0.6 is 23.2 Å². The van der Waals surface area contributed by atoms with Gasteiger partial charge in [0, 0.05) is 18.8 Å². The highest BCUT2D eigenvalue weighted by Crippen LogP contribution is 2.30. The van der Waals surface area contributed by atoms with Gasteiger partial charge in [0.05, 0.1) is 10.5 Å². The van der Waals surface area contributed by atoms with Gasteiger partial charge in [-0.3, -0.25) is 0 Å². The van der Waals surface area contributed by atoms with Crippen LogP contribution in [0.1, 0.15) is 31.5 Å². The molecule has 0 aliphatic heterocycles. The molecule has 0 bridgehead atoms. The predicted molar refractivity (Wildman–Crippen MR) is 81.1 cm³/mol. The van der Waals surface area contributed by atoms with Gasteiger partial charge in [-0.25, -0.2) is 4.98 Å². The first-order valence-corrected chi connectivity index (χ1v) is 7.90. The van der Waals surface area contributed by atoms with Crippen molar-refractivity contribution in [3.05, 3.63) is 29.0 Å². The summed E-state index contributed by atoms with van der Waals surface area (Å²) in [5.41, 5.74) is 2.07. The summed E-state index contributed by atoms with van der Waals surface area (Å²) in [6, 6.07) is 6.02. The molecule has 0 atom stereocenters. The predicted octanol–water partition coefficient (Wildman–Crippen LogP) is 4.66. The lowest BCUT2D eigenvalue weighted by Gasteiger charge is -2.13. The van der Waals surface area contributed by atoms with Gasteiger partial charge >= 0.3 is 0 Å². The molecule has 0 radical (unpaired) electrons. The zero-order valence-corrected chi connectivity index (χ0v) is 12.4. The van der Waals surface area contributed by atoms with Crippen molar-refractivity contribution >= 4 is 34.2 Å². The number of fused-ring (bicyclic) bond motifs is 1. The second-order valence-corrected chi connectivity index (χ2v) is 6.12. The first-order valence-electron chi connectivity index (χ1n) is 6.99. The van der Waals surface area contributed by atoms with Crippen LogP contribution in [0.15, 0.2) is 18.2 Å². The summed E-state index contributed by atoms with van der Waals surface area (Å²) < 4.78 is 2.33. The van der Waals surface area contributed by atoms with Gasteiger partial charge in [0.1, 0.15) is 11.3 Å². The second-order valence-electron chi connectivity index (χ2n) is 5.34. The third-order valence-electron chi connectivity index (χ3n) is 4.04. The Hall–Kier alpha value is -0.730. The Morgan fingerprint density at radius 2 is 2.05 bits per heavy atom. The van der Waals surface area contributed by atoms with Crippen LogP contribution in [0.3, 0.4) is 0 Å². The van der Waals surface area contributed by atoms with E-state index in [9.17, 15) is 0 Å². The molecule has 3 rings (SSSR count). The molecule has 0 N–H and O–H groups in total. The highest BCUT2D eigenvalue weighted by molar-refractivity contribution is 6.34. The summed E-state index contributed by atoms with van der Waals surface area (Å²) in [6.07, 6.45) is 6.20. The van der Waals surface area contributed by atoms with Crippen LogP contribution in [0.4, 0.5) is 0 Å². The van der Waals surface area contributed by atoms with Crippen LogP contribution in [-0.2, 0) is 13.0 Å². The van der Waals surface area contributed by atoms with Gasteiger partial charge in [-0.15, -0.1) is 11.6 Å². The summed E-state index contributed by atoms with van der Waals surface area (Å²) in [5.74, 6) is 2.46. The van der Waals surface area contributed by atoms with Crippen molar-refractivity contribution in [1.82, 2.24) is 9.55 Å². The minimum atomic E-state index is 0.603. The van der Waals surface area contributed by atoms with E-state index in [1.54, 1.807) is 0 Å². The van der Waals surface area contributed by atoms with Crippen molar-refractivity contribution in [2.75, 3.05) is 5.88 Å². The van der Waals surface area contributed by atoms with Crippen LogP contribution < -0.4 is 0 Å². The monoisotopic (exact) mass is 296 g/mol. The third-order valence-corrected chi connectivity index (χ3v) is 4.54. The third kappa shape index (κ3) is 2.61. The smallest absolute Gasteiger partial charge is 0.111 e. The van der Waals surface area contributed by atoms with E-state index in [1.807, 2.05) is 12.1 Å². The molecule has 0 unspecified atom stereocenters. The first-order chi connectivity index (χ1) is 9.29. The van der Waals surface area contributed by atoms with Gasteiger partial charge in [-0.1, -0.05) is 30.5 Å². The normalized spacial score (nSPS) is 16.5. The maximum absolute atomic E-state index is 6.25. The van der Waals surface area contributed by atoms with Crippen molar-refractivity contribution in [2.24, 2.45) is 5.92 Å². The number of rotatable bonds is 4. The average Bonchev–Trinajstić information content (AvgIpc) is 3.01. The lowest BCUT2D eigenvalue weighted by molar-refractivity contribution is 0.455. The number of para-hydroxylation sites is 1. The molecule has 1 fully saturated rings. The highest BCUT2D eigenvalue weighted by Gasteiger charge is 2.19. The molecule has 1 aromatic heterocycles. The van der Waals surface area contributed by atoms with Crippen LogP contribution in [0.2, 0.25) is 5.02 Å². The molecule has 1 aliphatic carbocycles. The maximum Gasteiger partial charge on any atom is 0.111 e. The van der Waals surface area contributed by atoms with E-state index in [0.717, 1.165) is 40.8 Å². The standard InChI is InChI=1S/C15H18Cl2N2/c16-9-8-14-18-15-12(17)6-3-7-13(15)19(14)10-11-4-1-2-5-11/h3,6-7,11H,1-2,4-5,8-10H2. The number of aryl methyl sites for hydroxylation is 1. The Labute approximate surface area is 123 Å². The average molecular weight is 297 g/mol. The Kier molecular flexibility index (Phi) is 3.99. The van der Waals surface area contributed by atoms with Crippen LogP contribution in [0.5, 0.6) is 0 Å². The van der Waals surface area contributed by atoms with Crippen molar-refractivity contribution in [3.63, 3.8) is 0 Å². The Morgan fingerprint density at radius 1 is 1.26 bits per heavy atom. The zero-order valence-electron chi connectivity index (χ0n) is 10.9. The molecular weight excluding hydrogens is 279 g/mol. The van der Waals surface area contributed by atoms with E-state index in [1.165, 1.54) is 25.7 Å². The van der Waals surface area contributed by atoms with Gasteiger partial charge in [0.15, 0.2) is 0 Å². The van der Waals surface area contributed by atoms with Crippen molar-refractivity contribution < 1.29 is 0 Å². The fourth-order valence-electron chi connectivity index (χ4n) is 3.09. The summed E-state index contributed by atoms with van der Waals surface area (Å²) in [4.78, 5) is 4.69. The SMILES string of the molecule is ClCCc1nc2c(Cl)cccc2n1CC1CCCC1. The lowest BCUT2D eigenvalue weighted by atomic mass is 10.1. The Morgan fingerprint density at radius 3 is 2.79 bits per heavy atom. The lowest BCUT2D eigenvalue weighted by Crippen LogP contribution is -2.11. The molecule has 0 saturated heterocycles. The molecule has 0 amide bonds. The molecule has 2 nitrogen and oxygen atoms in total.